The molecule has 0 saturated heterocycles. The molecule has 202 valence electrons. The summed E-state index contributed by atoms with van der Waals surface area (Å²) >= 11 is 0. The Hall–Kier alpha value is -5.94. The fourth-order valence-corrected chi connectivity index (χ4v) is 5.69. The van der Waals surface area contributed by atoms with Gasteiger partial charge in [0.05, 0.1) is 5.56 Å². The summed E-state index contributed by atoms with van der Waals surface area (Å²) in [6, 6.07) is 46.8. The fourth-order valence-electron chi connectivity index (χ4n) is 5.69. The Bertz CT molecular complexity index is 2210. The van der Waals surface area contributed by atoms with Gasteiger partial charge in [-0.1, -0.05) is 103 Å². The predicted molar refractivity (Wildman–Crippen MR) is 173 cm³/mol. The van der Waals surface area contributed by atoms with Gasteiger partial charge in [-0.2, -0.15) is 4.73 Å². The number of hydrogen-bond acceptors (Lipinski definition) is 4. The number of pyridine rings is 1. The molecule has 5 nitrogen and oxygen atoms in total. The average Bonchev–Trinajstić information content (AvgIpc) is 3.07. The topological polar surface area (TPSA) is 65.6 Å². The van der Waals surface area contributed by atoms with Crippen molar-refractivity contribution >= 4 is 32.4 Å². The van der Waals surface area contributed by atoms with E-state index in [4.69, 9.17) is 15.0 Å². The van der Waals surface area contributed by atoms with Gasteiger partial charge in [0, 0.05) is 28.1 Å². The van der Waals surface area contributed by atoms with E-state index in [2.05, 4.69) is 60.7 Å². The maximum Gasteiger partial charge on any atom is 0.231 e. The molecule has 6 aromatic carbocycles. The minimum absolute atomic E-state index is 0.588. The first-order valence-corrected chi connectivity index (χ1v) is 14.2. The molecule has 0 radical (unpaired) electrons. The lowest BCUT2D eigenvalue weighted by atomic mass is 10.0. The van der Waals surface area contributed by atoms with E-state index >= 15 is 0 Å². The molecule has 2 aromatic heterocycles. The summed E-state index contributed by atoms with van der Waals surface area (Å²) in [5, 5.41) is 18.1. The number of aromatic nitrogens is 4. The molecular weight excluding hydrogens is 528 g/mol. The Labute approximate surface area is 248 Å². The van der Waals surface area contributed by atoms with Crippen LogP contribution in [0.1, 0.15) is 0 Å². The standard InChI is InChI=1S/C38H24N4O/c43-42-22-6-12-28-11-5-13-34(35(28)42)27-16-18-29(19-17-27)36-39-37(32-20-14-25-7-1-3-9-30(25)23-32)41-38(40-36)33-21-15-26-8-2-4-10-31(26)24-33/h1-24H. The normalized spacial score (nSPS) is 11.3. The number of rotatable bonds is 4. The van der Waals surface area contributed by atoms with Crippen LogP contribution in [0.25, 0.3) is 77.7 Å². The lowest BCUT2D eigenvalue weighted by Gasteiger charge is -2.11. The number of fused-ring (bicyclic) bond motifs is 3. The van der Waals surface area contributed by atoms with Gasteiger partial charge in [-0.15, -0.1) is 0 Å². The number of benzene rings is 6. The van der Waals surface area contributed by atoms with E-state index in [1.165, 1.54) is 17.0 Å². The molecule has 2 heterocycles. The molecule has 0 fully saturated rings. The van der Waals surface area contributed by atoms with Gasteiger partial charge in [-0.05, 0) is 57.4 Å². The minimum Gasteiger partial charge on any atom is -0.618 e. The van der Waals surface area contributed by atoms with Crippen LogP contribution in [0.5, 0.6) is 0 Å². The van der Waals surface area contributed by atoms with Crippen molar-refractivity contribution in [1.29, 1.82) is 0 Å². The Morgan fingerprint density at radius 2 is 0.860 bits per heavy atom. The maximum atomic E-state index is 12.7. The van der Waals surface area contributed by atoms with Crippen LogP contribution in [0.3, 0.4) is 0 Å². The van der Waals surface area contributed by atoms with E-state index in [-0.39, 0.29) is 0 Å². The summed E-state index contributed by atoms with van der Waals surface area (Å²) in [6.45, 7) is 0. The summed E-state index contributed by atoms with van der Waals surface area (Å²) < 4.78 is 0.927. The molecule has 8 rings (SSSR count). The Morgan fingerprint density at radius 1 is 0.395 bits per heavy atom. The van der Waals surface area contributed by atoms with Gasteiger partial charge in [-0.3, -0.25) is 0 Å². The van der Waals surface area contributed by atoms with Gasteiger partial charge in [0.1, 0.15) is 0 Å². The van der Waals surface area contributed by atoms with E-state index in [9.17, 15) is 5.21 Å². The molecule has 0 aliphatic carbocycles. The van der Waals surface area contributed by atoms with Crippen LogP contribution in [-0.4, -0.2) is 15.0 Å². The molecule has 0 atom stereocenters. The second-order valence-electron chi connectivity index (χ2n) is 10.6. The predicted octanol–water partition coefficient (Wildman–Crippen LogP) is 8.63. The highest BCUT2D eigenvalue weighted by Crippen LogP contribution is 2.31. The molecule has 8 aromatic rings. The first-order chi connectivity index (χ1) is 21.2. The molecule has 0 aliphatic heterocycles. The Morgan fingerprint density at radius 3 is 1.47 bits per heavy atom. The van der Waals surface area contributed by atoms with Gasteiger partial charge in [-0.25, -0.2) is 15.0 Å². The largest absolute Gasteiger partial charge is 0.618 e. The molecule has 0 aliphatic rings. The summed E-state index contributed by atoms with van der Waals surface area (Å²) in [4.78, 5) is 14.9. The minimum atomic E-state index is 0.588. The van der Waals surface area contributed by atoms with Crippen molar-refractivity contribution in [2.75, 3.05) is 0 Å². The summed E-state index contributed by atoms with van der Waals surface area (Å²) in [5.41, 5.74) is 5.20. The van der Waals surface area contributed by atoms with Gasteiger partial charge >= 0.3 is 0 Å². The van der Waals surface area contributed by atoms with Crippen molar-refractivity contribution < 1.29 is 4.73 Å². The van der Waals surface area contributed by atoms with Crippen LogP contribution in [0.4, 0.5) is 0 Å². The first-order valence-electron chi connectivity index (χ1n) is 14.2. The highest BCUT2D eigenvalue weighted by Gasteiger charge is 2.15. The molecule has 0 amide bonds. The molecule has 0 unspecified atom stereocenters. The SMILES string of the molecule is [O-][n+]1cccc2cccc(-c3ccc(-c4nc(-c5ccc6ccccc6c5)nc(-c5ccc6ccccc6c5)n4)cc3)c21. The third-order valence-electron chi connectivity index (χ3n) is 7.89. The maximum absolute atomic E-state index is 12.7. The summed E-state index contributed by atoms with van der Waals surface area (Å²) in [5.74, 6) is 1.82. The van der Waals surface area contributed by atoms with Crippen molar-refractivity contribution in [1.82, 2.24) is 15.0 Å². The van der Waals surface area contributed by atoms with Crippen molar-refractivity contribution in [2.45, 2.75) is 0 Å². The third-order valence-corrected chi connectivity index (χ3v) is 7.89. The van der Waals surface area contributed by atoms with E-state index in [1.807, 2.05) is 72.8 Å². The molecule has 0 saturated carbocycles. The van der Waals surface area contributed by atoms with E-state index < -0.39 is 0 Å². The van der Waals surface area contributed by atoms with Crippen LogP contribution in [-0.2, 0) is 0 Å². The van der Waals surface area contributed by atoms with Crippen molar-refractivity contribution in [2.24, 2.45) is 0 Å². The molecular formula is C38H24N4O. The van der Waals surface area contributed by atoms with Crippen molar-refractivity contribution in [3.05, 3.63) is 151 Å². The molecule has 43 heavy (non-hydrogen) atoms. The lowest BCUT2D eigenvalue weighted by molar-refractivity contribution is -0.576. The highest BCUT2D eigenvalue weighted by molar-refractivity contribution is 5.92. The van der Waals surface area contributed by atoms with Crippen LogP contribution >= 0.6 is 0 Å². The molecule has 0 N–H and O–H groups in total. The molecule has 5 heteroatoms. The van der Waals surface area contributed by atoms with Crippen LogP contribution in [0, 0.1) is 5.21 Å². The van der Waals surface area contributed by atoms with Crippen LogP contribution in [0.15, 0.2) is 146 Å². The monoisotopic (exact) mass is 552 g/mol. The average molecular weight is 553 g/mol. The first kappa shape index (κ1) is 24.8. The zero-order valence-electron chi connectivity index (χ0n) is 23.1. The summed E-state index contributed by atoms with van der Waals surface area (Å²) in [7, 11) is 0. The molecule has 0 bridgehead atoms. The zero-order valence-corrected chi connectivity index (χ0v) is 23.1. The zero-order chi connectivity index (χ0) is 28.8. The van der Waals surface area contributed by atoms with Gasteiger partial charge in [0.25, 0.3) is 0 Å². The smallest absolute Gasteiger partial charge is 0.231 e. The lowest BCUT2D eigenvalue weighted by Crippen LogP contribution is -2.26. The van der Waals surface area contributed by atoms with Gasteiger partial charge < -0.3 is 5.21 Å². The number of para-hydroxylation sites is 1. The van der Waals surface area contributed by atoms with E-state index in [0.29, 0.717) is 23.0 Å². The van der Waals surface area contributed by atoms with E-state index in [0.717, 1.165) is 48.7 Å². The number of hydrogen-bond donors (Lipinski definition) is 0. The second kappa shape index (κ2) is 10.2. The van der Waals surface area contributed by atoms with Crippen LogP contribution in [0.2, 0.25) is 0 Å². The van der Waals surface area contributed by atoms with Gasteiger partial charge in [0.15, 0.2) is 23.7 Å². The van der Waals surface area contributed by atoms with Gasteiger partial charge in [0.2, 0.25) is 5.52 Å². The highest BCUT2D eigenvalue weighted by atomic mass is 16.5. The Kier molecular flexibility index (Phi) is 5.86. The quantitative estimate of drug-likeness (QED) is 0.162. The van der Waals surface area contributed by atoms with Crippen molar-refractivity contribution in [3.8, 4) is 45.3 Å². The third kappa shape index (κ3) is 4.53. The fraction of sp³-hybridized carbons (Fsp3) is 0. The second-order valence-corrected chi connectivity index (χ2v) is 10.6. The van der Waals surface area contributed by atoms with E-state index in [1.54, 1.807) is 6.07 Å². The van der Waals surface area contributed by atoms with Crippen LogP contribution < -0.4 is 4.73 Å². The van der Waals surface area contributed by atoms with Crippen molar-refractivity contribution in [3.63, 3.8) is 0 Å². The summed E-state index contributed by atoms with van der Waals surface area (Å²) in [6.07, 6.45) is 1.54. The molecule has 0 spiro atoms. The Balaban J connectivity index is 1.27. The number of nitrogens with zero attached hydrogens (tertiary/aromatic N) is 4.